The summed E-state index contributed by atoms with van der Waals surface area (Å²) in [6.45, 7) is 2.06. The number of amides is 1. The van der Waals surface area contributed by atoms with Crippen molar-refractivity contribution in [2.45, 2.75) is 13.0 Å². The van der Waals surface area contributed by atoms with Crippen LogP contribution < -0.4 is 14.2 Å². The van der Waals surface area contributed by atoms with E-state index >= 15 is 0 Å². The lowest BCUT2D eigenvalue weighted by Crippen LogP contribution is -2.36. The van der Waals surface area contributed by atoms with Gasteiger partial charge >= 0.3 is 0 Å². The Hall–Kier alpha value is -2.80. The molecule has 2 aromatic rings. The number of benzene rings is 1. The smallest absolute Gasteiger partial charge is 0.258 e. The van der Waals surface area contributed by atoms with Gasteiger partial charge in [-0.15, -0.1) is 0 Å². The fourth-order valence-corrected chi connectivity index (χ4v) is 3.11. The molecular weight excluding hydrogens is 348 g/mol. The van der Waals surface area contributed by atoms with Crippen LogP contribution in [0.4, 0.5) is 0 Å². The molecule has 0 fully saturated rings. The number of ether oxygens (including phenoxy) is 4. The van der Waals surface area contributed by atoms with E-state index in [4.69, 9.17) is 18.9 Å². The lowest BCUT2D eigenvalue weighted by Gasteiger charge is -2.29. The Bertz CT molecular complexity index is 809. The first kappa shape index (κ1) is 19.0. The van der Waals surface area contributed by atoms with Crippen molar-refractivity contribution >= 4 is 5.91 Å². The number of fused-ring (bicyclic) bond motifs is 1. The lowest BCUT2D eigenvalue weighted by molar-refractivity contribution is 0.0729. The second kappa shape index (κ2) is 8.73. The molecule has 27 heavy (non-hydrogen) atoms. The van der Waals surface area contributed by atoms with Crippen LogP contribution in [0.25, 0.3) is 0 Å². The van der Waals surface area contributed by atoms with Gasteiger partial charge in [0.05, 0.1) is 32.1 Å². The number of methoxy groups -OCH3 is 3. The molecule has 0 bridgehead atoms. The molecule has 1 aromatic carbocycles. The third kappa shape index (κ3) is 4.14. The van der Waals surface area contributed by atoms with E-state index in [1.54, 1.807) is 37.3 Å². The van der Waals surface area contributed by atoms with Crippen LogP contribution in [0.2, 0.25) is 0 Å². The average molecular weight is 372 g/mol. The molecule has 0 spiro atoms. The first-order valence-corrected chi connectivity index (χ1v) is 8.78. The zero-order valence-electron chi connectivity index (χ0n) is 15.9. The fraction of sp³-hybridized carbons (Fsp3) is 0.400. The highest BCUT2D eigenvalue weighted by atomic mass is 16.5. The summed E-state index contributed by atoms with van der Waals surface area (Å²) < 4.78 is 21.2. The molecule has 0 aliphatic carbocycles. The van der Waals surface area contributed by atoms with Gasteiger partial charge in [-0.25, -0.2) is 4.98 Å². The molecule has 1 aliphatic rings. The number of aromatic nitrogens is 1. The van der Waals surface area contributed by atoms with Crippen LogP contribution in [-0.4, -0.2) is 56.9 Å². The first-order chi connectivity index (χ1) is 13.2. The van der Waals surface area contributed by atoms with Crippen LogP contribution >= 0.6 is 0 Å². The van der Waals surface area contributed by atoms with Crippen LogP contribution in [0.3, 0.4) is 0 Å². The molecule has 144 valence electrons. The summed E-state index contributed by atoms with van der Waals surface area (Å²) in [7, 11) is 4.73. The van der Waals surface area contributed by atoms with Crippen molar-refractivity contribution in [3.8, 4) is 17.4 Å². The first-order valence-electron chi connectivity index (χ1n) is 8.78. The molecule has 0 unspecified atom stereocenters. The SMILES string of the molecule is COCCOc1ccc2c(n1)CCN(C(=O)c1cccc(OC)c1OC)C2. The summed E-state index contributed by atoms with van der Waals surface area (Å²) in [4.78, 5) is 19.4. The maximum atomic E-state index is 13.0. The maximum Gasteiger partial charge on any atom is 0.258 e. The molecule has 0 radical (unpaired) electrons. The van der Waals surface area contributed by atoms with Crippen molar-refractivity contribution in [3.63, 3.8) is 0 Å². The largest absolute Gasteiger partial charge is 0.493 e. The predicted molar refractivity (Wildman–Crippen MR) is 99.6 cm³/mol. The summed E-state index contributed by atoms with van der Waals surface area (Å²) in [5.74, 6) is 1.49. The highest BCUT2D eigenvalue weighted by Gasteiger charge is 2.26. The average Bonchev–Trinajstić information content (AvgIpc) is 2.72. The van der Waals surface area contributed by atoms with E-state index in [-0.39, 0.29) is 5.91 Å². The Balaban J connectivity index is 1.75. The standard InChI is InChI=1S/C20H24N2O5/c1-24-11-12-27-18-8-7-14-13-22(10-9-16(14)21-18)20(23)15-5-4-6-17(25-2)19(15)26-3/h4-8H,9-13H2,1-3H3. The molecule has 1 aromatic heterocycles. The van der Waals surface area contributed by atoms with Gasteiger partial charge in [0.2, 0.25) is 5.88 Å². The van der Waals surface area contributed by atoms with Crippen molar-refractivity contribution < 1.29 is 23.7 Å². The minimum Gasteiger partial charge on any atom is -0.493 e. The summed E-state index contributed by atoms with van der Waals surface area (Å²) in [6, 6.07) is 9.11. The van der Waals surface area contributed by atoms with E-state index in [0.29, 0.717) is 55.7 Å². The van der Waals surface area contributed by atoms with Gasteiger partial charge in [0.25, 0.3) is 5.91 Å². The number of pyridine rings is 1. The van der Waals surface area contributed by atoms with E-state index in [2.05, 4.69) is 4.98 Å². The number of carbonyl (C=O) groups excluding carboxylic acids is 1. The third-order valence-electron chi connectivity index (χ3n) is 4.48. The van der Waals surface area contributed by atoms with Crippen LogP contribution in [0.1, 0.15) is 21.6 Å². The van der Waals surface area contributed by atoms with Crippen LogP contribution in [0.15, 0.2) is 30.3 Å². The molecule has 1 aliphatic heterocycles. The number of para-hydroxylation sites is 1. The van der Waals surface area contributed by atoms with Crippen LogP contribution in [0, 0.1) is 0 Å². The molecule has 7 heteroatoms. The zero-order chi connectivity index (χ0) is 19.2. The van der Waals surface area contributed by atoms with Crippen molar-refractivity contribution in [1.82, 2.24) is 9.88 Å². The number of rotatable bonds is 7. The van der Waals surface area contributed by atoms with E-state index in [0.717, 1.165) is 11.3 Å². The minimum absolute atomic E-state index is 0.0863. The Morgan fingerprint density at radius 1 is 1.11 bits per heavy atom. The molecule has 7 nitrogen and oxygen atoms in total. The van der Waals surface area contributed by atoms with E-state index < -0.39 is 0 Å². The highest BCUT2D eigenvalue weighted by molar-refractivity contribution is 5.98. The second-order valence-corrected chi connectivity index (χ2v) is 6.11. The molecule has 0 atom stereocenters. The molecule has 0 saturated carbocycles. The molecular formula is C20H24N2O5. The van der Waals surface area contributed by atoms with Gasteiger partial charge in [-0.05, 0) is 17.7 Å². The predicted octanol–water partition coefficient (Wildman–Crippen LogP) is 2.32. The molecule has 2 heterocycles. The van der Waals surface area contributed by atoms with Crippen molar-refractivity contribution in [2.75, 3.05) is 41.1 Å². The number of nitrogens with zero attached hydrogens (tertiary/aromatic N) is 2. The molecule has 0 saturated heterocycles. The van der Waals surface area contributed by atoms with Crippen molar-refractivity contribution in [3.05, 3.63) is 47.2 Å². The van der Waals surface area contributed by atoms with Crippen molar-refractivity contribution in [1.29, 1.82) is 0 Å². The van der Waals surface area contributed by atoms with Gasteiger partial charge in [0.15, 0.2) is 11.5 Å². The topological polar surface area (TPSA) is 70.1 Å². The lowest BCUT2D eigenvalue weighted by atomic mass is 10.0. The normalized spacial score (nSPS) is 13.1. The summed E-state index contributed by atoms with van der Waals surface area (Å²) in [6.07, 6.45) is 0.675. The Kier molecular flexibility index (Phi) is 6.13. The van der Waals surface area contributed by atoms with Gasteiger partial charge in [-0.3, -0.25) is 4.79 Å². The van der Waals surface area contributed by atoms with Crippen LogP contribution in [0.5, 0.6) is 17.4 Å². The van der Waals surface area contributed by atoms with Crippen molar-refractivity contribution in [2.24, 2.45) is 0 Å². The quantitative estimate of drug-likeness (QED) is 0.695. The van der Waals surface area contributed by atoms with Gasteiger partial charge in [-0.2, -0.15) is 0 Å². The van der Waals surface area contributed by atoms with E-state index in [1.807, 2.05) is 12.1 Å². The summed E-state index contributed by atoms with van der Waals surface area (Å²) >= 11 is 0. The molecule has 3 rings (SSSR count). The van der Waals surface area contributed by atoms with E-state index in [1.165, 1.54) is 7.11 Å². The second-order valence-electron chi connectivity index (χ2n) is 6.11. The summed E-state index contributed by atoms with van der Waals surface area (Å²) in [5.41, 5.74) is 2.48. The minimum atomic E-state index is -0.0863. The Morgan fingerprint density at radius 2 is 1.96 bits per heavy atom. The summed E-state index contributed by atoms with van der Waals surface area (Å²) in [5, 5.41) is 0. The number of hydrogen-bond donors (Lipinski definition) is 0. The van der Waals surface area contributed by atoms with Crippen LogP contribution in [-0.2, 0) is 17.7 Å². The third-order valence-corrected chi connectivity index (χ3v) is 4.48. The maximum absolute atomic E-state index is 13.0. The fourth-order valence-electron chi connectivity index (χ4n) is 3.11. The Labute approximate surface area is 158 Å². The Morgan fingerprint density at radius 3 is 2.70 bits per heavy atom. The molecule has 0 N–H and O–H groups in total. The highest BCUT2D eigenvalue weighted by Crippen LogP contribution is 2.32. The van der Waals surface area contributed by atoms with Gasteiger partial charge < -0.3 is 23.8 Å². The van der Waals surface area contributed by atoms with Gasteiger partial charge in [-0.1, -0.05) is 12.1 Å². The zero-order valence-corrected chi connectivity index (χ0v) is 15.9. The van der Waals surface area contributed by atoms with Gasteiger partial charge in [0, 0.05) is 32.7 Å². The van der Waals surface area contributed by atoms with Gasteiger partial charge in [0.1, 0.15) is 6.61 Å². The molecule has 1 amide bonds. The number of hydrogen-bond acceptors (Lipinski definition) is 6. The van der Waals surface area contributed by atoms with E-state index in [9.17, 15) is 4.79 Å². The number of carbonyl (C=O) groups is 1. The monoisotopic (exact) mass is 372 g/mol.